The van der Waals surface area contributed by atoms with Crippen LogP contribution in [-0.4, -0.2) is 28.2 Å². The van der Waals surface area contributed by atoms with Gasteiger partial charge in [-0.05, 0) is 23.8 Å². The number of hydrogen-bond acceptors (Lipinski definition) is 4. The van der Waals surface area contributed by atoms with E-state index in [4.69, 9.17) is 9.47 Å². The highest BCUT2D eigenvalue weighted by atomic mass is 32.2. The summed E-state index contributed by atoms with van der Waals surface area (Å²) in [6.45, 7) is 3.61. The van der Waals surface area contributed by atoms with Gasteiger partial charge in [0.1, 0.15) is 0 Å². The Bertz CT molecular complexity index is 878. The van der Waals surface area contributed by atoms with Crippen molar-refractivity contribution in [2.45, 2.75) is 24.2 Å². The van der Waals surface area contributed by atoms with Crippen molar-refractivity contribution in [3.05, 3.63) is 48.0 Å². The van der Waals surface area contributed by atoms with Crippen LogP contribution in [0.2, 0.25) is 0 Å². The Labute approximate surface area is 141 Å². The average molecular weight is 345 g/mol. The van der Waals surface area contributed by atoms with Crippen molar-refractivity contribution >= 4 is 15.7 Å². The van der Waals surface area contributed by atoms with Gasteiger partial charge in [-0.1, -0.05) is 25.1 Å². The molecule has 0 fully saturated rings. The van der Waals surface area contributed by atoms with Crippen LogP contribution < -0.4 is 13.8 Å². The molecule has 126 valence electrons. The molecule has 2 aromatic rings. The second kappa shape index (κ2) is 5.70. The number of nitrogens with zero attached hydrogens (tertiary/aromatic N) is 1. The van der Waals surface area contributed by atoms with Crippen molar-refractivity contribution in [1.29, 1.82) is 0 Å². The van der Waals surface area contributed by atoms with E-state index in [1.165, 1.54) is 4.31 Å². The van der Waals surface area contributed by atoms with E-state index in [1.807, 2.05) is 31.2 Å². The van der Waals surface area contributed by atoms with Gasteiger partial charge >= 0.3 is 0 Å². The van der Waals surface area contributed by atoms with Crippen molar-refractivity contribution in [3.63, 3.8) is 0 Å². The lowest BCUT2D eigenvalue weighted by atomic mass is 10.0. The molecule has 4 rings (SSSR count). The summed E-state index contributed by atoms with van der Waals surface area (Å²) < 4.78 is 39.0. The quantitative estimate of drug-likeness (QED) is 0.839. The molecule has 2 aromatic carbocycles. The molecule has 0 N–H and O–H groups in total. The van der Waals surface area contributed by atoms with E-state index in [0.717, 1.165) is 17.7 Å². The molecule has 5 nitrogen and oxygen atoms in total. The highest BCUT2D eigenvalue weighted by molar-refractivity contribution is 7.92. The number of benzene rings is 2. The predicted molar refractivity (Wildman–Crippen MR) is 91.4 cm³/mol. The highest BCUT2D eigenvalue weighted by Gasteiger charge is 2.34. The third-order valence-electron chi connectivity index (χ3n) is 4.48. The van der Waals surface area contributed by atoms with Crippen LogP contribution in [0.15, 0.2) is 47.4 Å². The zero-order valence-electron chi connectivity index (χ0n) is 13.4. The van der Waals surface area contributed by atoms with E-state index in [0.29, 0.717) is 31.3 Å². The molecule has 0 radical (unpaired) electrons. The molecule has 0 unspecified atom stereocenters. The maximum absolute atomic E-state index is 13.1. The second-order valence-corrected chi connectivity index (χ2v) is 8.02. The van der Waals surface area contributed by atoms with Crippen molar-refractivity contribution in [2.75, 3.05) is 24.1 Å². The topological polar surface area (TPSA) is 55.8 Å². The van der Waals surface area contributed by atoms with Gasteiger partial charge in [-0.15, -0.1) is 0 Å². The zero-order valence-corrected chi connectivity index (χ0v) is 14.3. The van der Waals surface area contributed by atoms with Gasteiger partial charge < -0.3 is 9.47 Å². The van der Waals surface area contributed by atoms with Crippen LogP contribution in [0.1, 0.15) is 24.8 Å². The SMILES string of the molecule is C[C@H]1CN(S(=O)(=O)c2ccc3c(c2)OCCCO3)c2ccccc21. The van der Waals surface area contributed by atoms with Gasteiger partial charge in [-0.25, -0.2) is 8.42 Å². The van der Waals surface area contributed by atoms with E-state index < -0.39 is 10.0 Å². The largest absolute Gasteiger partial charge is 0.490 e. The lowest BCUT2D eigenvalue weighted by Gasteiger charge is -2.20. The molecular formula is C18H19NO4S. The van der Waals surface area contributed by atoms with E-state index in [9.17, 15) is 8.42 Å². The summed E-state index contributed by atoms with van der Waals surface area (Å²) in [5.74, 6) is 1.27. The van der Waals surface area contributed by atoms with E-state index >= 15 is 0 Å². The summed E-state index contributed by atoms with van der Waals surface area (Å²) in [6, 6.07) is 12.5. The smallest absolute Gasteiger partial charge is 0.264 e. The monoisotopic (exact) mass is 345 g/mol. The van der Waals surface area contributed by atoms with Crippen LogP contribution in [0.5, 0.6) is 11.5 Å². The lowest BCUT2D eigenvalue weighted by molar-refractivity contribution is 0.297. The average Bonchev–Trinajstić information content (AvgIpc) is 2.78. The van der Waals surface area contributed by atoms with Crippen LogP contribution >= 0.6 is 0 Å². The Balaban J connectivity index is 1.75. The van der Waals surface area contributed by atoms with E-state index in [-0.39, 0.29) is 10.8 Å². The number of para-hydroxylation sites is 1. The molecule has 0 spiro atoms. The molecule has 0 saturated heterocycles. The molecule has 2 aliphatic rings. The van der Waals surface area contributed by atoms with Gasteiger partial charge in [0.05, 0.1) is 23.8 Å². The number of hydrogen-bond donors (Lipinski definition) is 0. The van der Waals surface area contributed by atoms with Gasteiger partial charge in [-0.3, -0.25) is 4.31 Å². The van der Waals surface area contributed by atoms with Gasteiger partial charge in [0, 0.05) is 24.9 Å². The number of fused-ring (bicyclic) bond motifs is 2. The number of anilines is 1. The van der Waals surface area contributed by atoms with Crippen LogP contribution in [0, 0.1) is 0 Å². The molecule has 1 atom stereocenters. The number of ether oxygens (including phenoxy) is 2. The Morgan fingerprint density at radius 3 is 2.62 bits per heavy atom. The standard InChI is InChI=1S/C18H19NO4S/c1-13-12-19(16-6-3-2-5-15(13)16)24(20,21)14-7-8-17-18(11-14)23-10-4-9-22-17/h2-3,5-8,11,13H,4,9-10,12H2,1H3/t13-/m0/s1. The minimum atomic E-state index is -3.63. The first-order valence-corrected chi connectivity index (χ1v) is 9.53. The molecule has 24 heavy (non-hydrogen) atoms. The number of rotatable bonds is 2. The summed E-state index contributed by atoms with van der Waals surface area (Å²) in [5, 5.41) is 0. The molecular weight excluding hydrogens is 326 g/mol. The third-order valence-corrected chi connectivity index (χ3v) is 6.26. The summed E-state index contributed by atoms with van der Waals surface area (Å²) >= 11 is 0. The van der Waals surface area contributed by atoms with Crippen LogP contribution in [0.25, 0.3) is 0 Å². The molecule has 2 aliphatic heterocycles. The van der Waals surface area contributed by atoms with Crippen molar-refractivity contribution in [1.82, 2.24) is 0 Å². The van der Waals surface area contributed by atoms with Crippen molar-refractivity contribution in [3.8, 4) is 11.5 Å². The summed E-state index contributed by atoms with van der Waals surface area (Å²) in [7, 11) is -3.63. The first-order valence-electron chi connectivity index (χ1n) is 8.09. The summed E-state index contributed by atoms with van der Waals surface area (Å²) in [6.07, 6.45) is 0.785. The van der Waals surface area contributed by atoms with Crippen LogP contribution in [0.3, 0.4) is 0 Å². The fraction of sp³-hybridized carbons (Fsp3) is 0.333. The van der Waals surface area contributed by atoms with Crippen molar-refractivity contribution in [2.24, 2.45) is 0 Å². The van der Waals surface area contributed by atoms with Gasteiger partial charge in [0.15, 0.2) is 11.5 Å². The predicted octanol–water partition coefficient (Wildman–Crippen LogP) is 3.16. The number of sulfonamides is 1. The van der Waals surface area contributed by atoms with Gasteiger partial charge in [-0.2, -0.15) is 0 Å². The fourth-order valence-corrected chi connectivity index (χ4v) is 4.83. The molecule has 0 aromatic heterocycles. The first kappa shape index (κ1) is 15.3. The van der Waals surface area contributed by atoms with Crippen LogP contribution in [0.4, 0.5) is 5.69 Å². The molecule has 0 bridgehead atoms. The van der Waals surface area contributed by atoms with Crippen molar-refractivity contribution < 1.29 is 17.9 Å². The van der Waals surface area contributed by atoms with E-state index in [1.54, 1.807) is 18.2 Å². The highest BCUT2D eigenvalue weighted by Crippen LogP contribution is 2.40. The minimum absolute atomic E-state index is 0.177. The second-order valence-electron chi connectivity index (χ2n) is 6.16. The summed E-state index contributed by atoms with van der Waals surface area (Å²) in [5.41, 5.74) is 1.83. The first-order chi connectivity index (χ1) is 11.6. The maximum Gasteiger partial charge on any atom is 0.264 e. The molecule has 2 heterocycles. The fourth-order valence-electron chi connectivity index (χ4n) is 3.24. The Kier molecular flexibility index (Phi) is 3.64. The zero-order chi connectivity index (χ0) is 16.7. The van der Waals surface area contributed by atoms with Crippen LogP contribution in [-0.2, 0) is 10.0 Å². The molecule has 6 heteroatoms. The third kappa shape index (κ3) is 2.41. The molecule has 0 saturated carbocycles. The lowest BCUT2D eigenvalue weighted by Crippen LogP contribution is -2.29. The van der Waals surface area contributed by atoms with Gasteiger partial charge in [0.25, 0.3) is 10.0 Å². The molecule has 0 aliphatic carbocycles. The summed E-state index contributed by atoms with van der Waals surface area (Å²) in [4.78, 5) is 0.232. The normalized spacial score (nSPS) is 19.7. The minimum Gasteiger partial charge on any atom is -0.490 e. The maximum atomic E-state index is 13.1. The molecule has 0 amide bonds. The van der Waals surface area contributed by atoms with E-state index in [2.05, 4.69) is 0 Å². The Hall–Kier alpha value is -2.21. The Morgan fingerprint density at radius 1 is 1.04 bits per heavy atom. The van der Waals surface area contributed by atoms with Gasteiger partial charge in [0.2, 0.25) is 0 Å². The Morgan fingerprint density at radius 2 is 1.79 bits per heavy atom.